The Morgan fingerprint density at radius 1 is 1.00 bits per heavy atom. The fourth-order valence-corrected chi connectivity index (χ4v) is 2.74. The van der Waals surface area contributed by atoms with Gasteiger partial charge in [0.15, 0.2) is 0 Å². The highest BCUT2D eigenvalue weighted by atomic mass is 35.5. The summed E-state index contributed by atoms with van der Waals surface area (Å²) in [5, 5.41) is 3.53. The number of halogens is 1. The lowest BCUT2D eigenvalue weighted by molar-refractivity contribution is 0.102. The van der Waals surface area contributed by atoms with E-state index in [1.165, 1.54) is 0 Å². The molecule has 0 saturated carbocycles. The van der Waals surface area contributed by atoms with E-state index in [1.807, 2.05) is 13.8 Å². The molecule has 0 saturated heterocycles. The third-order valence-corrected chi connectivity index (χ3v) is 4.54. The SMILES string of the molecule is COC(C)c1ccc(C(=O)Nc2ccc(Oc3ccc(Cl)cc3)cc2)c(C)n1. The van der Waals surface area contributed by atoms with Gasteiger partial charge in [0.1, 0.15) is 11.5 Å². The van der Waals surface area contributed by atoms with Gasteiger partial charge in [0.25, 0.3) is 5.91 Å². The molecule has 1 heterocycles. The Kier molecular flexibility index (Phi) is 6.29. The molecule has 3 rings (SSSR count). The third kappa shape index (κ3) is 4.88. The van der Waals surface area contributed by atoms with Crippen molar-refractivity contribution in [3.05, 3.63) is 82.6 Å². The van der Waals surface area contributed by atoms with E-state index in [0.29, 0.717) is 33.5 Å². The summed E-state index contributed by atoms with van der Waals surface area (Å²) >= 11 is 5.87. The lowest BCUT2D eigenvalue weighted by Crippen LogP contribution is -2.15. The van der Waals surface area contributed by atoms with Crippen molar-refractivity contribution in [2.24, 2.45) is 0 Å². The number of carbonyl (C=O) groups is 1. The Hall–Kier alpha value is -2.89. The molecule has 3 aromatic rings. The molecule has 1 atom stereocenters. The average molecular weight is 397 g/mol. The van der Waals surface area contributed by atoms with Gasteiger partial charge in [0.2, 0.25) is 0 Å². The molecule has 0 bridgehead atoms. The molecule has 0 radical (unpaired) electrons. The summed E-state index contributed by atoms with van der Waals surface area (Å²) < 4.78 is 11.0. The van der Waals surface area contributed by atoms with Gasteiger partial charge in [-0.25, -0.2) is 0 Å². The van der Waals surface area contributed by atoms with Crippen molar-refractivity contribution in [2.45, 2.75) is 20.0 Å². The number of pyridine rings is 1. The topological polar surface area (TPSA) is 60.5 Å². The molecular formula is C22H21ClN2O3. The number of ether oxygens (including phenoxy) is 2. The predicted octanol–water partition coefficient (Wildman–Crippen LogP) is 5.80. The van der Waals surface area contributed by atoms with Crippen LogP contribution in [-0.4, -0.2) is 18.0 Å². The predicted molar refractivity (Wildman–Crippen MR) is 110 cm³/mol. The number of hydrogen-bond acceptors (Lipinski definition) is 4. The monoisotopic (exact) mass is 396 g/mol. The zero-order valence-electron chi connectivity index (χ0n) is 15.9. The van der Waals surface area contributed by atoms with Crippen molar-refractivity contribution in [1.82, 2.24) is 4.98 Å². The van der Waals surface area contributed by atoms with Crippen LogP contribution in [0.4, 0.5) is 5.69 Å². The number of anilines is 1. The van der Waals surface area contributed by atoms with E-state index in [9.17, 15) is 4.79 Å². The molecule has 6 heteroatoms. The van der Waals surface area contributed by atoms with Crippen LogP contribution in [0.25, 0.3) is 0 Å². The fraction of sp³-hybridized carbons (Fsp3) is 0.182. The number of amides is 1. The van der Waals surface area contributed by atoms with Gasteiger partial charge in [0.05, 0.1) is 23.1 Å². The summed E-state index contributed by atoms with van der Waals surface area (Å²) in [5.74, 6) is 1.14. The minimum atomic E-state index is -0.215. The maximum absolute atomic E-state index is 12.6. The highest BCUT2D eigenvalue weighted by molar-refractivity contribution is 6.30. The molecule has 0 spiro atoms. The zero-order chi connectivity index (χ0) is 20.1. The number of nitrogens with zero attached hydrogens (tertiary/aromatic N) is 1. The quantitative estimate of drug-likeness (QED) is 0.572. The number of carbonyl (C=O) groups excluding carboxylic acids is 1. The molecular weight excluding hydrogens is 376 g/mol. The number of rotatable bonds is 6. The fourth-order valence-electron chi connectivity index (χ4n) is 2.61. The maximum Gasteiger partial charge on any atom is 0.257 e. The molecule has 2 aromatic carbocycles. The Bertz CT molecular complexity index is 957. The second kappa shape index (κ2) is 8.87. The van der Waals surface area contributed by atoms with Crippen LogP contribution < -0.4 is 10.1 Å². The van der Waals surface area contributed by atoms with Gasteiger partial charge in [-0.05, 0) is 74.5 Å². The Morgan fingerprint density at radius 2 is 1.61 bits per heavy atom. The Morgan fingerprint density at radius 3 is 2.18 bits per heavy atom. The van der Waals surface area contributed by atoms with Gasteiger partial charge in [-0.2, -0.15) is 0 Å². The van der Waals surface area contributed by atoms with E-state index in [-0.39, 0.29) is 12.0 Å². The molecule has 0 fully saturated rings. The van der Waals surface area contributed by atoms with E-state index in [0.717, 1.165) is 5.69 Å². The van der Waals surface area contributed by atoms with Crippen LogP contribution in [-0.2, 0) is 4.74 Å². The molecule has 1 aromatic heterocycles. The first-order valence-electron chi connectivity index (χ1n) is 8.81. The van der Waals surface area contributed by atoms with Gasteiger partial charge in [-0.3, -0.25) is 9.78 Å². The number of hydrogen-bond donors (Lipinski definition) is 1. The summed E-state index contributed by atoms with van der Waals surface area (Å²) in [5.41, 5.74) is 2.64. The molecule has 5 nitrogen and oxygen atoms in total. The minimum absolute atomic E-state index is 0.121. The van der Waals surface area contributed by atoms with Crippen LogP contribution in [0.5, 0.6) is 11.5 Å². The largest absolute Gasteiger partial charge is 0.457 e. The van der Waals surface area contributed by atoms with E-state index in [4.69, 9.17) is 21.1 Å². The van der Waals surface area contributed by atoms with Crippen molar-refractivity contribution in [3.8, 4) is 11.5 Å². The first kappa shape index (κ1) is 19.9. The van der Waals surface area contributed by atoms with Crippen molar-refractivity contribution >= 4 is 23.2 Å². The van der Waals surface area contributed by atoms with Gasteiger partial charge in [-0.1, -0.05) is 11.6 Å². The highest BCUT2D eigenvalue weighted by Crippen LogP contribution is 2.25. The lowest BCUT2D eigenvalue weighted by atomic mass is 10.1. The molecule has 1 amide bonds. The van der Waals surface area contributed by atoms with Crippen LogP contribution in [0.1, 0.15) is 34.8 Å². The van der Waals surface area contributed by atoms with Gasteiger partial charge in [-0.15, -0.1) is 0 Å². The minimum Gasteiger partial charge on any atom is -0.457 e. The first-order valence-corrected chi connectivity index (χ1v) is 9.19. The Labute approximate surface area is 169 Å². The van der Waals surface area contributed by atoms with Crippen molar-refractivity contribution in [3.63, 3.8) is 0 Å². The van der Waals surface area contributed by atoms with Crippen molar-refractivity contribution in [2.75, 3.05) is 12.4 Å². The molecule has 1 unspecified atom stereocenters. The number of nitrogens with one attached hydrogen (secondary N) is 1. The normalized spacial score (nSPS) is 11.7. The van der Waals surface area contributed by atoms with Crippen LogP contribution >= 0.6 is 11.6 Å². The van der Waals surface area contributed by atoms with Crippen LogP contribution in [0.2, 0.25) is 5.02 Å². The smallest absolute Gasteiger partial charge is 0.257 e. The summed E-state index contributed by atoms with van der Waals surface area (Å²) in [4.78, 5) is 17.0. The summed E-state index contributed by atoms with van der Waals surface area (Å²) in [6, 6.07) is 17.8. The van der Waals surface area contributed by atoms with Crippen LogP contribution in [0, 0.1) is 6.92 Å². The van der Waals surface area contributed by atoms with E-state index < -0.39 is 0 Å². The number of aromatic nitrogens is 1. The molecule has 28 heavy (non-hydrogen) atoms. The van der Waals surface area contributed by atoms with E-state index >= 15 is 0 Å². The summed E-state index contributed by atoms with van der Waals surface area (Å²) in [7, 11) is 1.63. The molecule has 0 aliphatic rings. The molecule has 1 N–H and O–H groups in total. The van der Waals surface area contributed by atoms with Crippen LogP contribution in [0.3, 0.4) is 0 Å². The first-order chi connectivity index (χ1) is 13.5. The van der Waals surface area contributed by atoms with Gasteiger partial charge in [0, 0.05) is 17.8 Å². The molecule has 0 aliphatic carbocycles. The average Bonchev–Trinajstić information content (AvgIpc) is 2.70. The van der Waals surface area contributed by atoms with E-state index in [1.54, 1.807) is 67.8 Å². The molecule has 0 aliphatic heterocycles. The highest BCUT2D eigenvalue weighted by Gasteiger charge is 2.13. The zero-order valence-corrected chi connectivity index (χ0v) is 16.7. The number of benzene rings is 2. The van der Waals surface area contributed by atoms with Crippen molar-refractivity contribution in [1.29, 1.82) is 0 Å². The molecule has 144 valence electrons. The van der Waals surface area contributed by atoms with Gasteiger partial charge < -0.3 is 14.8 Å². The second-order valence-electron chi connectivity index (χ2n) is 6.28. The summed E-state index contributed by atoms with van der Waals surface area (Å²) in [6.07, 6.45) is -0.121. The summed E-state index contributed by atoms with van der Waals surface area (Å²) in [6.45, 7) is 3.72. The van der Waals surface area contributed by atoms with E-state index in [2.05, 4.69) is 10.3 Å². The number of aryl methyl sites for hydroxylation is 1. The lowest BCUT2D eigenvalue weighted by Gasteiger charge is -2.12. The van der Waals surface area contributed by atoms with Crippen LogP contribution in [0.15, 0.2) is 60.7 Å². The Balaban J connectivity index is 1.66. The standard InChI is InChI=1S/C22H21ClN2O3/c1-14-20(12-13-21(24-14)15(2)27-3)22(26)25-17-6-10-19(11-7-17)28-18-8-4-16(23)5-9-18/h4-13,15H,1-3H3,(H,25,26). The number of methoxy groups -OCH3 is 1. The second-order valence-corrected chi connectivity index (χ2v) is 6.72. The maximum atomic E-state index is 12.6. The van der Waals surface area contributed by atoms with Gasteiger partial charge >= 0.3 is 0 Å². The third-order valence-electron chi connectivity index (χ3n) is 4.28. The van der Waals surface area contributed by atoms with Crippen molar-refractivity contribution < 1.29 is 14.3 Å².